The fourth-order valence-corrected chi connectivity index (χ4v) is 0.394. The Hall–Kier alpha value is -1.17. The second kappa shape index (κ2) is 4.61. The van der Waals surface area contributed by atoms with E-state index in [1.165, 1.54) is 10.2 Å². The number of nitrogens with two attached hydrogens (primary N) is 1. The maximum absolute atomic E-state index is 12.1. The first kappa shape index (κ1) is 9.83. The van der Waals surface area contributed by atoms with Crippen LogP contribution in [-0.4, -0.2) is 20.2 Å². The van der Waals surface area contributed by atoms with Crippen LogP contribution in [0, 0.1) is 5.82 Å². The average Bonchev–Trinajstić information content (AvgIpc) is 2.02. The van der Waals surface area contributed by atoms with Crippen LogP contribution in [0.3, 0.4) is 0 Å². The number of aromatic nitrogens is 2. The summed E-state index contributed by atoms with van der Waals surface area (Å²) in [4.78, 5) is 15.3. The molecule has 0 saturated carbocycles. The zero-order valence-corrected chi connectivity index (χ0v) is 8.39. The molecule has 4 nitrogen and oxygen atoms in total. The van der Waals surface area contributed by atoms with Crippen molar-refractivity contribution in [3.63, 3.8) is 0 Å². The second-order valence-corrected chi connectivity index (χ2v) is 1.44. The van der Waals surface area contributed by atoms with Gasteiger partial charge < -0.3 is 10.7 Å². The molecule has 1 aromatic heterocycles. The minimum absolute atomic E-state index is 0.376. The van der Waals surface area contributed by atoms with Gasteiger partial charge in [0.25, 0.3) is 0 Å². The van der Waals surface area contributed by atoms with E-state index in [-0.39, 0.29) is 5.82 Å². The maximum Gasteiger partial charge on any atom is 0.347 e. The lowest BCUT2D eigenvalue weighted by atomic mass is 10.6. The van der Waals surface area contributed by atoms with Gasteiger partial charge in [0, 0.05) is 6.20 Å². The summed E-state index contributed by atoms with van der Waals surface area (Å²) in [7, 11) is 1.31. The van der Waals surface area contributed by atoms with E-state index in [0.717, 1.165) is 6.20 Å². The summed E-state index contributed by atoms with van der Waals surface area (Å²) in [5.74, 6) is -1.09. The Morgan fingerprint density at radius 3 is 2.64 bits per heavy atom. The molecule has 0 aromatic carbocycles. The third-order valence-electron chi connectivity index (χ3n) is 0.789. The summed E-state index contributed by atoms with van der Waals surface area (Å²) in [6.07, 6.45) is 0.866. The van der Waals surface area contributed by atoms with E-state index in [4.69, 9.17) is 5.73 Å². The number of nitrogen functional groups attached to an aromatic ring is 1. The summed E-state index contributed by atoms with van der Waals surface area (Å²) < 4.78 is 12.1. The topological polar surface area (TPSA) is 71.8 Å². The van der Waals surface area contributed by atoms with Crippen molar-refractivity contribution in [2.24, 2.45) is 0 Å². The van der Waals surface area contributed by atoms with Gasteiger partial charge >= 0.3 is 5.69 Å². The molecule has 3 N–H and O–H groups in total. The number of aromatic amines is 1. The van der Waals surface area contributed by atoms with Gasteiger partial charge in [-0.3, -0.25) is 0 Å². The van der Waals surface area contributed by atoms with E-state index in [0.29, 0.717) is 0 Å². The highest BCUT2D eigenvalue weighted by atomic mass is 28.1. The molecule has 0 fully saturated rings. The molecule has 0 unspecified atom stereocenters. The standard InChI is InChI=1S/C4H4FN3O.CH6Si/c5-2-1-7-4(9)8-3(2)6;1-2/h1H,(H3,6,7,8,9);1-2H3. The number of hydrogen-bond donors (Lipinski definition) is 2. The Bertz CT molecular complexity index is 275. The molecule has 1 rings (SSSR count). The van der Waals surface area contributed by atoms with Gasteiger partial charge in [-0.25, -0.2) is 9.18 Å². The molecule has 11 heavy (non-hydrogen) atoms. The predicted molar refractivity (Wildman–Crippen MR) is 45.0 cm³/mol. The Morgan fingerprint density at radius 2 is 2.27 bits per heavy atom. The van der Waals surface area contributed by atoms with E-state index < -0.39 is 11.5 Å². The summed E-state index contributed by atoms with van der Waals surface area (Å²) in [5.41, 5.74) is 4.27. The molecule has 0 radical (unpaired) electrons. The van der Waals surface area contributed by atoms with Gasteiger partial charge in [0.1, 0.15) is 0 Å². The van der Waals surface area contributed by atoms with Gasteiger partial charge in [0.2, 0.25) is 0 Å². The molecule has 0 aliphatic heterocycles. The van der Waals surface area contributed by atoms with Crippen LogP contribution in [0.25, 0.3) is 0 Å². The molecule has 62 valence electrons. The van der Waals surface area contributed by atoms with E-state index in [2.05, 4.69) is 11.5 Å². The van der Waals surface area contributed by atoms with Crippen LogP contribution in [0.5, 0.6) is 0 Å². The maximum atomic E-state index is 12.1. The number of H-pyrrole nitrogens is 1. The van der Waals surface area contributed by atoms with Gasteiger partial charge in [-0.2, -0.15) is 4.98 Å². The molecule has 0 atom stereocenters. The summed E-state index contributed by atoms with van der Waals surface area (Å²) in [6.45, 7) is 2.14. The first-order chi connectivity index (χ1) is 5.20. The molecule has 1 aromatic rings. The van der Waals surface area contributed by atoms with Crippen LogP contribution in [0.2, 0.25) is 6.55 Å². The molecule has 0 amide bonds. The lowest BCUT2D eigenvalue weighted by Gasteiger charge is -1.88. The van der Waals surface area contributed by atoms with E-state index in [1.807, 2.05) is 4.98 Å². The first-order valence-electron chi connectivity index (χ1n) is 3.21. The number of nitrogens with one attached hydrogen (secondary N) is 1. The van der Waals surface area contributed by atoms with Gasteiger partial charge in [-0.1, -0.05) is 6.55 Å². The first-order valence-corrected chi connectivity index (χ1v) is 5.21. The third-order valence-corrected chi connectivity index (χ3v) is 0.789. The predicted octanol–water partition coefficient (Wildman–Crippen LogP) is -1.11. The highest BCUT2D eigenvalue weighted by Crippen LogP contribution is 1.96. The summed E-state index contributed by atoms with van der Waals surface area (Å²) >= 11 is 0. The lowest BCUT2D eigenvalue weighted by molar-refractivity contribution is 0.617. The van der Waals surface area contributed by atoms with Crippen LogP contribution in [-0.2, 0) is 0 Å². The molecule has 0 aliphatic carbocycles. The SMILES string of the molecule is C[SiH3].Nc1nc(=O)[nH]cc1F. The Morgan fingerprint density at radius 1 is 1.73 bits per heavy atom. The van der Waals surface area contributed by atoms with Crippen molar-refractivity contribution in [1.82, 2.24) is 9.97 Å². The van der Waals surface area contributed by atoms with Gasteiger partial charge in [-0.15, -0.1) is 0 Å². The number of anilines is 1. The van der Waals surface area contributed by atoms with Crippen LogP contribution in [0.4, 0.5) is 10.2 Å². The van der Waals surface area contributed by atoms with Gasteiger partial charge in [0.05, 0.1) is 0 Å². The number of rotatable bonds is 0. The molecular weight excluding hydrogens is 165 g/mol. The average molecular weight is 175 g/mol. The van der Waals surface area contributed by atoms with Crippen molar-refractivity contribution >= 4 is 16.1 Å². The van der Waals surface area contributed by atoms with Crippen molar-refractivity contribution in [3.05, 3.63) is 22.5 Å². The lowest BCUT2D eigenvalue weighted by Crippen LogP contribution is -2.12. The normalized spacial score (nSPS) is 8.55. The largest absolute Gasteiger partial charge is 0.381 e. The highest BCUT2D eigenvalue weighted by molar-refractivity contribution is 6.05. The Balaban J connectivity index is 0.000000461. The van der Waals surface area contributed by atoms with Gasteiger partial charge in [-0.05, 0) is 10.2 Å². The molecule has 6 heteroatoms. The molecule has 0 aliphatic rings. The van der Waals surface area contributed by atoms with Crippen molar-refractivity contribution in [2.75, 3.05) is 5.73 Å². The molecular formula is C5H10FN3OSi. The summed E-state index contributed by atoms with van der Waals surface area (Å²) in [5, 5.41) is 0. The Kier molecular flexibility index (Phi) is 4.12. The smallest absolute Gasteiger partial charge is 0.347 e. The Labute approximate surface area is 66.1 Å². The van der Waals surface area contributed by atoms with Crippen LogP contribution in [0.1, 0.15) is 0 Å². The highest BCUT2D eigenvalue weighted by Gasteiger charge is 1.96. The van der Waals surface area contributed by atoms with E-state index in [1.54, 1.807) is 0 Å². The summed E-state index contributed by atoms with van der Waals surface area (Å²) in [6, 6.07) is 0. The minimum atomic E-state index is -0.713. The van der Waals surface area contributed by atoms with Crippen molar-refractivity contribution in [2.45, 2.75) is 6.55 Å². The monoisotopic (exact) mass is 175 g/mol. The van der Waals surface area contributed by atoms with Crippen molar-refractivity contribution in [1.29, 1.82) is 0 Å². The number of hydrogen-bond acceptors (Lipinski definition) is 3. The minimum Gasteiger partial charge on any atom is -0.381 e. The van der Waals surface area contributed by atoms with Crippen molar-refractivity contribution < 1.29 is 4.39 Å². The fourth-order valence-electron chi connectivity index (χ4n) is 0.394. The zero-order valence-electron chi connectivity index (χ0n) is 6.39. The number of nitrogens with zero attached hydrogens (tertiary/aromatic N) is 1. The van der Waals surface area contributed by atoms with Crippen LogP contribution in [0.15, 0.2) is 11.0 Å². The van der Waals surface area contributed by atoms with Crippen molar-refractivity contribution in [3.8, 4) is 0 Å². The molecule has 0 bridgehead atoms. The molecule has 0 spiro atoms. The van der Waals surface area contributed by atoms with Gasteiger partial charge in [0.15, 0.2) is 11.6 Å². The molecule has 0 saturated heterocycles. The van der Waals surface area contributed by atoms with E-state index in [9.17, 15) is 9.18 Å². The zero-order chi connectivity index (χ0) is 8.85. The third kappa shape index (κ3) is 2.94. The number of halogens is 1. The molecule has 1 heterocycles. The van der Waals surface area contributed by atoms with Crippen LogP contribution < -0.4 is 11.4 Å². The fraction of sp³-hybridized carbons (Fsp3) is 0.200. The van der Waals surface area contributed by atoms with Crippen LogP contribution >= 0.6 is 0 Å². The van der Waals surface area contributed by atoms with E-state index >= 15 is 0 Å². The quantitative estimate of drug-likeness (QED) is 0.491. The second-order valence-electron chi connectivity index (χ2n) is 1.44.